The van der Waals surface area contributed by atoms with Gasteiger partial charge in [0.15, 0.2) is 11.0 Å². The minimum absolute atomic E-state index is 0.0732. The van der Waals surface area contributed by atoms with Crippen molar-refractivity contribution in [1.82, 2.24) is 25.4 Å². The Kier molecular flexibility index (Phi) is 7.78. The molecule has 1 saturated heterocycles. The normalized spacial score (nSPS) is 17.1. The Hall–Kier alpha value is -2.59. The van der Waals surface area contributed by atoms with Crippen LogP contribution in [0.1, 0.15) is 40.5 Å². The van der Waals surface area contributed by atoms with Crippen LogP contribution in [0.2, 0.25) is 0 Å². The highest BCUT2D eigenvalue weighted by Gasteiger charge is 2.26. The van der Waals surface area contributed by atoms with Crippen molar-refractivity contribution in [2.75, 3.05) is 13.7 Å². The summed E-state index contributed by atoms with van der Waals surface area (Å²) in [5.41, 5.74) is 0.458. The fourth-order valence-corrected chi connectivity index (χ4v) is 4.14. The molecule has 2 atom stereocenters. The minimum atomic E-state index is -0.545. The Morgan fingerprint density at radius 2 is 2.00 bits per heavy atom. The molecule has 0 radical (unpaired) electrons. The molecule has 2 aromatic rings. The summed E-state index contributed by atoms with van der Waals surface area (Å²) < 4.78 is 13.1. The Morgan fingerprint density at radius 1 is 1.28 bits per heavy atom. The summed E-state index contributed by atoms with van der Waals surface area (Å²) in [6.45, 7) is 8.63. The highest BCUT2D eigenvalue weighted by Crippen LogP contribution is 2.29. The lowest BCUT2D eigenvalue weighted by molar-refractivity contribution is -0.119. The van der Waals surface area contributed by atoms with Crippen LogP contribution in [0.4, 0.5) is 4.79 Å². The van der Waals surface area contributed by atoms with Gasteiger partial charge in [-0.25, -0.2) is 4.79 Å². The molecule has 0 spiro atoms. The number of imide groups is 1. The summed E-state index contributed by atoms with van der Waals surface area (Å²) in [4.78, 5) is 24.6. The molecule has 174 valence electrons. The molecule has 10 heteroatoms. The van der Waals surface area contributed by atoms with Gasteiger partial charge in [-0.15, -0.1) is 10.2 Å². The van der Waals surface area contributed by atoms with E-state index in [1.165, 1.54) is 11.8 Å². The lowest BCUT2D eigenvalue weighted by Gasteiger charge is -2.21. The van der Waals surface area contributed by atoms with E-state index < -0.39 is 22.7 Å². The molecule has 32 heavy (non-hydrogen) atoms. The van der Waals surface area contributed by atoms with Crippen molar-refractivity contribution >= 4 is 23.7 Å². The van der Waals surface area contributed by atoms with Gasteiger partial charge in [-0.1, -0.05) is 11.8 Å². The van der Waals surface area contributed by atoms with Crippen LogP contribution in [0, 0.1) is 0 Å². The number of hydrogen-bond acceptors (Lipinski definition) is 7. The van der Waals surface area contributed by atoms with Gasteiger partial charge in [-0.2, -0.15) is 0 Å². The Morgan fingerprint density at radius 3 is 2.59 bits per heavy atom. The molecule has 1 fully saturated rings. The predicted molar refractivity (Wildman–Crippen MR) is 123 cm³/mol. The number of nitrogens with one attached hydrogen (secondary N) is 2. The first-order valence-corrected chi connectivity index (χ1v) is 11.5. The monoisotopic (exact) mass is 461 g/mol. The van der Waals surface area contributed by atoms with Gasteiger partial charge in [-0.3, -0.25) is 14.7 Å². The van der Waals surface area contributed by atoms with Crippen LogP contribution in [0.15, 0.2) is 29.4 Å². The zero-order valence-corrected chi connectivity index (χ0v) is 20.0. The lowest BCUT2D eigenvalue weighted by Crippen LogP contribution is -2.49. The maximum Gasteiger partial charge on any atom is 0.321 e. The van der Waals surface area contributed by atoms with Crippen molar-refractivity contribution < 1.29 is 19.1 Å². The molecule has 0 bridgehead atoms. The van der Waals surface area contributed by atoms with Crippen LogP contribution in [-0.4, -0.2) is 57.3 Å². The highest BCUT2D eigenvalue weighted by atomic mass is 32.2. The SMILES string of the molecule is COc1ccc(-c2nnc(SC(C)C(=O)NC(=O)NC(C)(C)C)n2CC2CCCO2)cc1. The third-order valence-electron chi connectivity index (χ3n) is 4.85. The van der Waals surface area contributed by atoms with Crippen LogP contribution in [-0.2, 0) is 16.1 Å². The van der Waals surface area contributed by atoms with Crippen LogP contribution in [0.3, 0.4) is 0 Å². The number of hydrogen-bond donors (Lipinski definition) is 2. The van der Waals surface area contributed by atoms with E-state index in [0.717, 1.165) is 30.8 Å². The molecule has 2 unspecified atom stereocenters. The molecular formula is C22H31N5O4S. The number of methoxy groups -OCH3 is 1. The van der Waals surface area contributed by atoms with Crippen molar-refractivity contribution in [3.05, 3.63) is 24.3 Å². The summed E-state index contributed by atoms with van der Waals surface area (Å²) in [7, 11) is 1.62. The van der Waals surface area contributed by atoms with Crippen molar-refractivity contribution in [1.29, 1.82) is 0 Å². The van der Waals surface area contributed by atoms with E-state index in [4.69, 9.17) is 9.47 Å². The van der Waals surface area contributed by atoms with Gasteiger partial charge in [0.25, 0.3) is 0 Å². The van der Waals surface area contributed by atoms with Crippen LogP contribution in [0.25, 0.3) is 11.4 Å². The quantitative estimate of drug-likeness (QED) is 0.610. The van der Waals surface area contributed by atoms with Crippen molar-refractivity contribution in [3.8, 4) is 17.1 Å². The van der Waals surface area contributed by atoms with Crippen molar-refractivity contribution in [2.45, 2.75) is 69.1 Å². The summed E-state index contributed by atoms with van der Waals surface area (Å²) in [5.74, 6) is 1.06. The number of ether oxygens (including phenoxy) is 2. The molecule has 9 nitrogen and oxygen atoms in total. The molecule has 3 rings (SSSR count). The highest BCUT2D eigenvalue weighted by molar-refractivity contribution is 8.00. The maximum atomic E-state index is 12.6. The van der Waals surface area contributed by atoms with Crippen LogP contribution < -0.4 is 15.4 Å². The summed E-state index contributed by atoms with van der Waals surface area (Å²) in [6, 6.07) is 7.08. The van der Waals surface area contributed by atoms with Gasteiger partial charge in [0.2, 0.25) is 5.91 Å². The standard InChI is InChI=1S/C22H31N5O4S/c1-14(19(28)23-20(29)24-22(2,3)4)32-21-26-25-18(15-8-10-16(30-5)11-9-15)27(21)13-17-7-6-12-31-17/h8-11,14,17H,6-7,12-13H2,1-5H3,(H2,23,24,28,29). The van der Waals surface area contributed by atoms with E-state index in [0.29, 0.717) is 17.5 Å². The summed E-state index contributed by atoms with van der Waals surface area (Å²) in [6.07, 6.45) is 2.06. The van der Waals surface area contributed by atoms with Gasteiger partial charge in [0, 0.05) is 17.7 Å². The molecule has 1 aliphatic heterocycles. The Bertz CT molecular complexity index is 933. The lowest BCUT2D eigenvalue weighted by atomic mass is 10.1. The number of rotatable bonds is 7. The second-order valence-electron chi connectivity index (χ2n) is 8.73. The third kappa shape index (κ3) is 6.46. The van der Waals surface area contributed by atoms with Crippen molar-refractivity contribution in [3.63, 3.8) is 0 Å². The first kappa shape index (κ1) is 24.1. The van der Waals surface area contributed by atoms with Gasteiger partial charge in [0.1, 0.15) is 5.75 Å². The number of nitrogens with zero attached hydrogens (tertiary/aromatic N) is 3. The number of carbonyl (C=O) groups excluding carboxylic acids is 2. The predicted octanol–water partition coefficient (Wildman–Crippen LogP) is 3.24. The first-order chi connectivity index (χ1) is 15.2. The van der Waals surface area contributed by atoms with E-state index in [1.807, 2.05) is 49.6 Å². The number of amides is 3. The zero-order chi connectivity index (χ0) is 23.3. The zero-order valence-electron chi connectivity index (χ0n) is 19.2. The summed E-state index contributed by atoms with van der Waals surface area (Å²) in [5, 5.41) is 13.9. The van der Waals surface area contributed by atoms with E-state index in [9.17, 15) is 9.59 Å². The molecule has 2 heterocycles. The molecular weight excluding hydrogens is 430 g/mol. The number of benzene rings is 1. The van der Waals surface area contributed by atoms with Gasteiger partial charge in [-0.05, 0) is 64.8 Å². The fourth-order valence-electron chi connectivity index (χ4n) is 3.28. The topological polar surface area (TPSA) is 107 Å². The maximum absolute atomic E-state index is 12.6. The number of thioether (sulfide) groups is 1. The molecule has 0 aliphatic carbocycles. The number of aromatic nitrogens is 3. The van der Waals surface area contributed by atoms with Crippen LogP contribution >= 0.6 is 11.8 Å². The average Bonchev–Trinajstić information content (AvgIpc) is 3.37. The molecule has 1 aliphatic rings. The van der Waals surface area contributed by atoms with Gasteiger partial charge in [0.05, 0.1) is 25.0 Å². The van der Waals surface area contributed by atoms with E-state index in [1.54, 1.807) is 14.0 Å². The van der Waals surface area contributed by atoms with Crippen LogP contribution in [0.5, 0.6) is 5.75 Å². The summed E-state index contributed by atoms with van der Waals surface area (Å²) >= 11 is 1.26. The van der Waals surface area contributed by atoms with Crippen molar-refractivity contribution in [2.24, 2.45) is 0 Å². The second kappa shape index (κ2) is 10.4. The minimum Gasteiger partial charge on any atom is -0.497 e. The molecule has 0 saturated carbocycles. The van der Waals surface area contributed by atoms with Gasteiger partial charge >= 0.3 is 6.03 Å². The molecule has 2 N–H and O–H groups in total. The molecule has 1 aromatic carbocycles. The Balaban J connectivity index is 1.78. The smallest absolute Gasteiger partial charge is 0.321 e. The largest absolute Gasteiger partial charge is 0.497 e. The van der Waals surface area contributed by atoms with E-state index >= 15 is 0 Å². The van der Waals surface area contributed by atoms with E-state index in [2.05, 4.69) is 20.8 Å². The van der Waals surface area contributed by atoms with E-state index in [-0.39, 0.29) is 6.10 Å². The second-order valence-corrected chi connectivity index (χ2v) is 10.0. The number of urea groups is 1. The fraction of sp³-hybridized carbons (Fsp3) is 0.545. The molecule has 1 aromatic heterocycles. The van der Waals surface area contributed by atoms with Gasteiger partial charge < -0.3 is 14.8 Å². The Labute approximate surface area is 192 Å². The average molecular weight is 462 g/mol. The molecule has 3 amide bonds. The number of carbonyl (C=O) groups is 2. The third-order valence-corrected chi connectivity index (χ3v) is 5.93. The first-order valence-electron chi connectivity index (χ1n) is 10.6.